The van der Waals surface area contributed by atoms with Gasteiger partial charge in [-0.3, -0.25) is 9.69 Å². The maximum Gasteiger partial charge on any atom is 0.178 e. The molecule has 0 aliphatic carbocycles. The third-order valence-corrected chi connectivity index (χ3v) is 5.21. The number of ketones is 1. The molecule has 0 amide bonds. The van der Waals surface area contributed by atoms with E-state index in [-0.39, 0.29) is 18.0 Å². The normalized spacial score (nSPS) is 21.5. The molecule has 4 nitrogen and oxygen atoms in total. The second kappa shape index (κ2) is 7.44. The van der Waals surface area contributed by atoms with Gasteiger partial charge in [0.2, 0.25) is 0 Å². The van der Waals surface area contributed by atoms with Crippen molar-refractivity contribution >= 4 is 21.7 Å². The number of morpholine rings is 1. The van der Waals surface area contributed by atoms with Crippen molar-refractivity contribution in [1.82, 2.24) is 9.47 Å². The van der Waals surface area contributed by atoms with Crippen LogP contribution in [0.3, 0.4) is 0 Å². The molecule has 5 heteroatoms. The van der Waals surface area contributed by atoms with Crippen LogP contribution in [-0.2, 0) is 4.74 Å². The predicted octanol–water partition coefficient (Wildman–Crippen LogP) is 4.15. The van der Waals surface area contributed by atoms with Gasteiger partial charge >= 0.3 is 0 Å². The number of benzene rings is 1. The number of hydrogen-bond acceptors (Lipinski definition) is 3. The number of aryl methyl sites for hydroxylation is 1. The highest BCUT2D eigenvalue weighted by Gasteiger charge is 2.25. The molecule has 3 rings (SSSR count). The highest BCUT2D eigenvalue weighted by Crippen LogP contribution is 2.23. The molecule has 2 aromatic rings. The van der Waals surface area contributed by atoms with Crippen molar-refractivity contribution in [2.24, 2.45) is 0 Å². The summed E-state index contributed by atoms with van der Waals surface area (Å²) in [7, 11) is 0. The summed E-state index contributed by atoms with van der Waals surface area (Å²) in [6.07, 6.45) is 0.346. The van der Waals surface area contributed by atoms with Crippen molar-refractivity contribution in [3.05, 3.63) is 51.8 Å². The summed E-state index contributed by atoms with van der Waals surface area (Å²) in [6.45, 7) is 10.3. The summed E-state index contributed by atoms with van der Waals surface area (Å²) in [5.41, 5.74) is 3.96. The molecule has 0 spiro atoms. The fourth-order valence-electron chi connectivity index (χ4n) is 3.73. The fourth-order valence-corrected chi connectivity index (χ4v) is 4.00. The number of rotatable bonds is 4. The number of aromatic nitrogens is 1. The van der Waals surface area contributed by atoms with Crippen molar-refractivity contribution in [3.8, 4) is 5.69 Å². The Bertz CT molecular complexity index is 757. The number of halogens is 1. The molecule has 1 saturated heterocycles. The van der Waals surface area contributed by atoms with Gasteiger partial charge in [0.25, 0.3) is 0 Å². The smallest absolute Gasteiger partial charge is 0.178 e. The van der Waals surface area contributed by atoms with E-state index in [1.165, 1.54) is 0 Å². The maximum absolute atomic E-state index is 12.9. The number of carbonyl (C=O) groups excluding carboxylic acids is 1. The Labute approximate surface area is 157 Å². The van der Waals surface area contributed by atoms with E-state index < -0.39 is 0 Å². The second-order valence-electron chi connectivity index (χ2n) is 6.97. The standard InChI is InChI=1S/C20H25BrN2O2/c1-13-9-19(16(4)23(13)18-7-5-17(21)6-8-18)20(24)12-22-10-14(2)25-15(3)11-22/h5-9,14-15H,10-12H2,1-4H3/t14-,15-/m0/s1. The van der Waals surface area contributed by atoms with E-state index in [0.717, 1.165) is 40.2 Å². The molecule has 0 saturated carbocycles. The summed E-state index contributed by atoms with van der Waals surface area (Å²) in [5, 5.41) is 0. The van der Waals surface area contributed by atoms with Crippen LogP contribution >= 0.6 is 15.9 Å². The largest absolute Gasteiger partial charge is 0.373 e. The van der Waals surface area contributed by atoms with Gasteiger partial charge < -0.3 is 9.30 Å². The first-order chi connectivity index (χ1) is 11.8. The zero-order valence-electron chi connectivity index (χ0n) is 15.3. The zero-order chi connectivity index (χ0) is 18.1. The Morgan fingerprint density at radius 3 is 2.36 bits per heavy atom. The van der Waals surface area contributed by atoms with Gasteiger partial charge in [-0.1, -0.05) is 15.9 Å². The molecule has 2 heterocycles. The van der Waals surface area contributed by atoms with E-state index in [1.807, 2.05) is 32.0 Å². The Morgan fingerprint density at radius 1 is 1.16 bits per heavy atom. The third kappa shape index (κ3) is 4.05. The van der Waals surface area contributed by atoms with Crippen LogP contribution < -0.4 is 0 Å². The summed E-state index contributed by atoms with van der Waals surface area (Å²) >= 11 is 3.47. The highest BCUT2D eigenvalue weighted by molar-refractivity contribution is 9.10. The van der Waals surface area contributed by atoms with E-state index in [2.05, 4.69) is 51.4 Å². The molecular weight excluding hydrogens is 380 g/mol. The number of ether oxygens (including phenoxy) is 1. The van der Waals surface area contributed by atoms with Gasteiger partial charge in [-0.25, -0.2) is 0 Å². The molecule has 1 aliphatic rings. The van der Waals surface area contributed by atoms with Crippen LogP contribution in [0.1, 0.15) is 35.6 Å². The van der Waals surface area contributed by atoms with Gasteiger partial charge in [-0.15, -0.1) is 0 Å². The van der Waals surface area contributed by atoms with Gasteiger partial charge in [-0.2, -0.15) is 0 Å². The van der Waals surface area contributed by atoms with Crippen LogP contribution in [0.4, 0.5) is 0 Å². The van der Waals surface area contributed by atoms with Crippen LogP contribution in [0, 0.1) is 13.8 Å². The average molecular weight is 405 g/mol. The summed E-state index contributed by atoms with van der Waals surface area (Å²) in [4.78, 5) is 15.1. The molecule has 25 heavy (non-hydrogen) atoms. The van der Waals surface area contributed by atoms with Crippen LogP contribution in [-0.4, -0.2) is 47.1 Å². The van der Waals surface area contributed by atoms with Crippen LogP contribution in [0.5, 0.6) is 0 Å². The van der Waals surface area contributed by atoms with E-state index in [9.17, 15) is 4.79 Å². The molecule has 0 unspecified atom stereocenters. The topological polar surface area (TPSA) is 34.5 Å². The summed E-state index contributed by atoms with van der Waals surface area (Å²) < 4.78 is 8.95. The maximum atomic E-state index is 12.9. The fraction of sp³-hybridized carbons (Fsp3) is 0.450. The van der Waals surface area contributed by atoms with Crippen molar-refractivity contribution < 1.29 is 9.53 Å². The molecule has 0 N–H and O–H groups in total. The minimum absolute atomic E-state index is 0.173. The van der Waals surface area contributed by atoms with E-state index in [1.54, 1.807) is 0 Å². The molecule has 2 atom stereocenters. The quantitative estimate of drug-likeness (QED) is 0.717. The van der Waals surface area contributed by atoms with E-state index >= 15 is 0 Å². The average Bonchev–Trinajstić information content (AvgIpc) is 2.82. The number of carbonyl (C=O) groups is 1. The predicted molar refractivity (Wildman–Crippen MR) is 104 cm³/mol. The molecule has 1 aliphatic heterocycles. The van der Waals surface area contributed by atoms with Crippen LogP contribution in [0.2, 0.25) is 0 Å². The molecule has 0 bridgehead atoms. The van der Waals surface area contributed by atoms with E-state index in [4.69, 9.17) is 4.74 Å². The number of nitrogens with zero attached hydrogens (tertiary/aromatic N) is 2. The first-order valence-electron chi connectivity index (χ1n) is 8.71. The summed E-state index contributed by atoms with van der Waals surface area (Å²) in [6, 6.07) is 10.2. The van der Waals surface area contributed by atoms with Crippen molar-refractivity contribution in [2.75, 3.05) is 19.6 Å². The molecular formula is C20H25BrN2O2. The van der Waals surface area contributed by atoms with Crippen molar-refractivity contribution in [1.29, 1.82) is 0 Å². The van der Waals surface area contributed by atoms with Crippen molar-refractivity contribution in [2.45, 2.75) is 39.9 Å². The Balaban J connectivity index is 1.82. The van der Waals surface area contributed by atoms with Gasteiger partial charge in [0.05, 0.1) is 18.8 Å². The SMILES string of the molecule is Cc1cc(C(=O)CN2C[C@H](C)O[C@@H](C)C2)c(C)n1-c1ccc(Br)cc1. The van der Waals surface area contributed by atoms with Crippen molar-refractivity contribution in [3.63, 3.8) is 0 Å². The monoisotopic (exact) mass is 404 g/mol. The third-order valence-electron chi connectivity index (χ3n) is 4.68. The van der Waals surface area contributed by atoms with Crippen LogP contribution in [0.25, 0.3) is 5.69 Å². The Kier molecular flexibility index (Phi) is 5.46. The molecule has 0 radical (unpaired) electrons. The van der Waals surface area contributed by atoms with E-state index in [0.29, 0.717) is 6.54 Å². The molecule has 1 aromatic heterocycles. The first-order valence-corrected chi connectivity index (χ1v) is 9.50. The lowest BCUT2D eigenvalue weighted by Gasteiger charge is -2.34. The number of Topliss-reactive ketones (excluding diaryl/α,β-unsaturated/α-hetero) is 1. The van der Waals surface area contributed by atoms with Gasteiger partial charge in [0.1, 0.15) is 0 Å². The molecule has 134 valence electrons. The molecule has 1 aromatic carbocycles. The zero-order valence-corrected chi connectivity index (χ0v) is 16.8. The summed E-state index contributed by atoms with van der Waals surface area (Å²) in [5.74, 6) is 0.178. The lowest BCUT2D eigenvalue weighted by Crippen LogP contribution is -2.47. The lowest BCUT2D eigenvalue weighted by atomic mass is 10.1. The van der Waals surface area contributed by atoms with Crippen LogP contribution in [0.15, 0.2) is 34.8 Å². The minimum Gasteiger partial charge on any atom is -0.373 e. The van der Waals surface area contributed by atoms with Gasteiger partial charge in [-0.05, 0) is 58.0 Å². The lowest BCUT2D eigenvalue weighted by molar-refractivity contribution is -0.0652. The second-order valence-corrected chi connectivity index (χ2v) is 7.89. The Morgan fingerprint density at radius 2 is 1.76 bits per heavy atom. The minimum atomic E-state index is 0.173. The number of hydrogen-bond donors (Lipinski definition) is 0. The van der Waals surface area contributed by atoms with Gasteiger partial charge in [0.15, 0.2) is 5.78 Å². The molecule has 1 fully saturated rings. The highest BCUT2D eigenvalue weighted by atomic mass is 79.9. The Hall–Kier alpha value is -1.43. The van der Waals surface area contributed by atoms with Gasteiger partial charge in [0, 0.05) is 40.2 Å². The first kappa shape index (κ1) is 18.4.